The van der Waals surface area contributed by atoms with Crippen LogP contribution < -0.4 is 0 Å². The molecule has 1 rings (SSSR count). The van der Waals surface area contributed by atoms with E-state index >= 15 is 0 Å². The Balaban J connectivity index is 2.82. The third-order valence-corrected chi connectivity index (χ3v) is 2.36. The highest BCUT2D eigenvalue weighted by Crippen LogP contribution is 2.05. The molecule has 0 saturated heterocycles. The Morgan fingerprint density at radius 3 is 2.94 bits per heavy atom. The summed E-state index contributed by atoms with van der Waals surface area (Å²) in [5, 5.41) is 8.64. The summed E-state index contributed by atoms with van der Waals surface area (Å²) in [7, 11) is 1.77. The van der Waals surface area contributed by atoms with Crippen molar-refractivity contribution in [3.8, 4) is 11.8 Å². The number of aliphatic hydroxyl groups excluding tert-OH is 1. The summed E-state index contributed by atoms with van der Waals surface area (Å²) < 4.78 is 0. The fourth-order valence-electron chi connectivity index (χ4n) is 1.50. The molecule has 4 heteroatoms. The van der Waals surface area contributed by atoms with Gasteiger partial charge in [0.05, 0.1) is 12.2 Å². The zero-order chi connectivity index (χ0) is 13.4. The Morgan fingerprint density at radius 1 is 1.50 bits per heavy atom. The van der Waals surface area contributed by atoms with Crippen LogP contribution in [0.1, 0.15) is 35.7 Å². The number of nitrogens with zero attached hydrogens (tertiary/aromatic N) is 2. The van der Waals surface area contributed by atoms with Gasteiger partial charge in [-0.1, -0.05) is 18.8 Å². The van der Waals surface area contributed by atoms with E-state index in [1.807, 2.05) is 6.92 Å². The topological polar surface area (TPSA) is 53.4 Å². The molecule has 0 atom stereocenters. The van der Waals surface area contributed by atoms with Gasteiger partial charge in [-0.15, -0.1) is 0 Å². The second-order valence-corrected chi connectivity index (χ2v) is 3.96. The highest BCUT2D eigenvalue weighted by Gasteiger charge is 2.11. The van der Waals surface area contributed by atoms with Crippen LogP contribution in [0.4, 0.5) is 0 Å². The van der Waals surface area contributed by atoms with E-state index in [1.165, 1.54) is 0 Å². The van der Waals surface area contributed by atoms with Crippen molar-refractivity contribution in [2.75, 3.05) is 20.2 Å². The van der Waals surface area contributed by atoms with Crippen molar-refractivity contribution in [2.24, 2.45) is 0 Å². The molecule has 1 N–H and O–H groups in total. The molecule has 4 nitrogen and oxygen atoms in total. The standard InChI is InChI=1S/C14H18N2O2/c1-3-7-16(2)14(18)13-9-12(10-15-11-13)6-4-5-8-17/h9-11,17H,3,5,7-8H2,1-2H3. The van der Waals surface area contributed by atoms with Gasteiger partial charge >= 0.3 is 0 Å². The van der Waals surface area contributed by atoms with Crippen LogP contribution in [-0.4, -0.2) is 41.1 Å². The first kappa shape index (κ1) is 14.2. The summed E-state index contributed by atoms with van der Waals surface area (Å²) in [4.78, 5) is 17.7. The Morgan fingerprint density at radius 2 is 2.28 bits per heavy atom. The monoisotopic (exact) mass is 246 g/mol. The van der Waals surface area contributed by atoms with E-state index < -0.39 is 0 Å². The third-order valence-electron chi connectivity index (χ3n) is 2.36. The van der Waals surface area contributed by atoms with Crippen molar-refractivity contribution < 1.29 is 9.90 Å². The molecule has 1 amide bonds. The molecule has 0 bridgehead atoms. The van der Waals surface area contributed by atoms with Crippen LogP contribution in [-0.2, 0) is 0 Å². The highest BCUT2D eigenvalue weighted by molar-refractivity contribution is 5.94. The zero-order valence-electron chi connectivity index (χ0n) is 10.8. The molecule has 1 heterocycles. The van der Waals surface area contributed by atoms with Crippen LogP contribution in [0.15, 0.2) is 18.5 Å². The van der Waals surface area contributed by atoms with Crippen molar-refractivity contribution in [3.05, 3.63) is 29.6 Å². The average Bonchev–Trinajstić information content (AvgIpc) is 2.39. The maximum atomic E-state index is 12.0. The van der Waals surface area contributed by atoms with Crippen LogP contribution >= 0.6 is 0 Å². The number of hydrogen-bond acceptors (Lipinski definition) is 3. The van der Waals surface area contributed by atoms with E-state index in [0.717, 1.165) is 13.0 Å². The van der Waals surface area contributed by atoms with Crippen molar-refractivity contribution >= 4 is 5.91 Å². The summed E-state index contributed by atoms with van der Waals surface area (Å²) >= 11 is 0. The van der Waals surface area contributed by atoms with Crippen molar-refractivity contribution in [1.82, 2.24) is 9.88 Å². The molecular weight excluding hydrogens is 228 g/mol. The second kappa shape index (κ2) is 7.46. The minimum atomic E-state index is -0.0461. The van der Waals surface area contributed by atoms with Crippen LogP contribution in [0.25, 0.3) is 0 Å². The molecule has 0 radical (unpaired) electrons. The highest BCUT2D eigenvalue weighted by atomic mass is 16.2. The molecule has 1 aromatic heterocycles. The summed E-state index contributed by atoms with van der Waals surface area (Å²) in [6, 6.07) is 1.73. The van der Waals surface area contributed by atoms with Gasteiger partial charge in [0.2, 0.25) is 0 Å². The molecule has 96 valence electrons. The maximum Gasteiger partial charge on any atom is 0.255 e. The zero-order valence-corrected chi connectivity index (χ0v) is 10.8. The lowest BCUT2D eigenvalue weighted by Gasteiger charge is -2.15. The molecule has 0 fully saturated rings. The van der Waals surface area contributed by atoms with Gasteiger partial charge in [-0.2, -0.15) is 0 Å². The SMILES string of the molecule is CCCN(C)C(=O)c1cncc(C#CCCO)c1. The van der Waals surface area contributed by atoms with Crippen molar-refractivity contribution in [2.45, 2.75) is 19.8 Å². The van der Waals surface area contributed by atoms with Gasteiger partial charge in [0.1, 0.15) is 0 Å². The summed E-state index contributed by atoms with van der Waals surface area (Å²) in [6.07, 6.45) is 4.51. The van der Waals surface area contributed by atoms with Gasteiger partial charge in [0.15, 0.2) is 0 Å². The van der Waals surface area contributed by atoms with E-state index in [1.54, 1.807) is 30.4 Å². The molecule has 0 aliphatic heterocycles. The fraction of sp³-hybridized carbons (Fsp3) is 0.429. The van der Waals surface area contributed by atoms with Gasteiger partial charge in [-0.05, 0) is 12.5 Å². The maximum absolute atomic E-state index is 12.0. The Labute approximate surface area is 108 Å². The van der Waals surface area contributed by atoms with Crippen LogP contribution in [0.5, 0.6) is 0 Å². The molecule has 0 saturated carbocycles. The van der Waals surface area contributed by atoms with Gasteiger partial charge in [-0.25, -0.2) is 0 Å². The lowest BCUT2D eigenvalue weighted by atomic mass is 10.2. The second-order valence-electron chi connectivity index (χ2n) is 3.96. The van der Waals surface area contributed by atoms with E-state index in [4.69, 9.17) is 5.11 Å². The number of hydrogen-bond donors (Lipinski definition) is 1. The molecule has 0 aliphatic rings. The molecule has 0 aromatic carbocycles. The summed E-state index contributed by atoms with van der Waals surface area (Å²) in [6.45, 7) is 2.79. The summed E-state index contributed by atoms with van der Waals surface area (Å²) in [5.74, 6) is 5.63. The summed E-state index contributed by atoms with van der Waals surface area (Å²) in [5.41, 5.74) is 1.24. The van der Waals surface area contributed by atoms with Crippen molar-refractivity contribution in [3.63, 3.8) is 0 Å². The van der Waals surface area contributed by atoms with Gasteiger partial charge < -0.3 is 10.0 Å². The lowest BCUT2D eigenvalue weighted by Crippen LogP contribution is -2.27. The van der Waals surface area contributed by atoms with E-state index in [9.17, 15) is 4.79 Å². The van der Waals surface area contributed by atoms with E-state index in [-0.39, 0.29) is 12.5 Å². The Kier molecular flexibility index (Phi) is 5.89. The number of amides is 1. The van der Waals surface area contributed by atoms with Crippen LogP contribution in [0, 0.1) is 11.8 Å². The Bertz CT molecular complexity index is 460. The Hall–Kier alpha value is -1.86. The number of carbonyl (C=O) groups is 1. The molecule has 0 unspecified atom stereocenters. The molecule has 18 heavy (non-hydrogen) atoms. The predicted octanol–water partition coefficient (Wildman–Crippen LogP) is 1.30. The molecule has 1 aromatic rings. The van der Waals surface area contributed by atoms with E-state index in [2.05, 4.69) is 16.8 Å². The number of aliphatic hydroxyl groups is 1. The van der Waals surface area contributed by atoms with Gasteiger partial charge in [0.25, 0.3) is 5.91 Å². The molecule has 0 spiro atoms. The van der Waals surface area contributed by atoms with Crippen LogP contribution in [0.2, 0.25) is 0 Å². The number of rotatable bonds is 4. The minimum absolute atomic E-state index is 0.0400. The average molecular weight is 246 g/mol. The quantitative estimate of drug-likeness (QED) is 0.815. The minimum Gasteiger partial charge on any atom is -0.395 e. The van der Waals surface area contributed by atoms with Crippen LogP contribution in [0.3, 0.4) is 0 Å². The smallest absolute Gasteiger partial charge is 0.255 e. The van der Waals surface area contributed by atoms with E-state index in [0.29, 0.717) is 17.5 Å². The van der Waals surface area contributed by atoms with Gasteiger partial charge in [0, 0.05) is 38.0 Å². The first-order valence-corrected chi connectivity index (χ1v) is 5.99. The van der Waals surface area contributed by atoms with Gasteiger partial charge in [-0.3, -0.25) is 9.78 Å². The van der Waals surface area contributed by atoms with Crippen molar-refractivity contribution in [1.29, 1.82) is 0 Å². The fourth-order valence-corrected chi connectivity index (χ4v) is 1.50. The first-order chi connectivity index (χ1) is 8.69. The third kappa shape index (κ3) is 4.19. The number of pyridine rings is 1. The first-order valence-electron chi connectivity index (χ1n) is 5.99. The largest absolute Gasteiger partial charge is 0.395 e. The normalized spacial score (nSPS) is 9.50. The lowest BCUT2D eigenvalue weighted by molar-refractivity contribution is 0.0794. The number of carbonyl (C=O) groups excluding carboxylic acids is 1. The molecular formula is C14H18N2O2. The number of aromatic nitrogens is 1. The molecule has 0 aliphatic carbocycles. The predicted molar refractivity (Wildman–Crippen MR) is 70.1 cm³/mol.